The molecule has 0 saturated heterocycles. The van der Waals surface area contributed by atoms with Crippen LogP contribution in [0.5, 0.6) is 5.75 Å². The van der Waals surface area contributed by atoms with E-state index in [2.05, 4.69) is 90.2 Å². The molecule has 0 aliphatic rings. The van der Waals surface area contributed by atoms with Gasteiger partial charge in [-0.2, -0.15) is 0 Å². The van der Waals surface area contributed by atoms with Crippen LogP contribution in [0.15, 0.2) is 42.5 Å². The third-order valence-electron chi connectivity index (χ3n) is 4.75. The summed E-state index contributed by atoms with van der Waals surface area (Å²) in [5.74, 6) is 1.02. The van der Waals surface area contributed by atoms with Gasteiger partial charge in [0.2, 0.25) is 8.32 Å². The fourth-order valence-corrected chi connectivity index (χ4v) is 3.50. The van der Waals surface area contributed by atoms with E-state index < -0.39 is 8.32 Å². The van der Waals surface area contributed by atoms with Crippen molar-refractivity contribution in [1.82, 2.24) is 0 Å². The molecule has 0 aliphatic carbocycles. The number of hydrogen-bond donors (Lipinski definition) is 0. The molecule has 2 aromatic rings. The van der Waals surface area contributed by atoms with Gasteiger partial charge in [0.15, 0.2) is 0 Å². The molecule has 2 aromatic carbocycles. The van der Waals surface area contributed by atoms with E-state index in [1.54, 1.807) is 0 Å². The molecule has 0 radical (unpaired) electrons. The first-order chi connectivity index (χ1) is 10.1. The van der Waals surface area contributed by atoms with Gasteiger partial charge in [0.05, 0.1) is 0 Å². The van der Waals surface area contributed by atoms with Crippen LogP contribution in [0.2, 0.25) is 18.1 Å². The Morgan fingerprint density at radius 1 is 0.864 bits per heavy atom. The van der Waals surface area contributed by atoms with Crippen LogP contribution >= 0.6 is 0 Å². The van der Waals surface area contributed by atoms with E-state index in [0.29, 0.717) is 0 Å². The number of hydrogen-bond acceptors (Lipinski definition) is 1. The number of rotatable bonds is 3. The van der Waals surface area contributed by atoms with Crippen LogP contribution in [0, 0.1) is 13.8 Å². The van der Waals surface area contributed by atoms with Gasteiger partial charge in [-0.3, -0.25) is 0 Å². The maximum absolute atomic E-state index is 6.46. The normalized spacial score (nSPS) is 12.3. The quantitative estimate of drug-likeness (QED) is 0.600. The molecular formula is C20H28OSi. The minimum Gasteiger partial charge on any atom is -0.543 e. The summed E-state index contributed by atoms with van der Waals surface area (Å²) in [5, 5.41) is 0.215. The Morgan fingerprint density at radius 3 is 1.82 bits per heavy atom. The minimum absolute atomic E-state index is 0.215. The highest BCUT2D eigenvalue weighted by Crippen LogP contribution is 2.39. The highest BCUT2D eigenvalue weighted by Gasteiger charge is 2.39. The minimum atomic E-state index is -1.79. The van der Waals surface area contributed by atoms with Crippen LogP contribution in [-0.2, 0) is 0 Å². The average Bonchev–Trinajstić information content (AvgIpc) is 2.37. The Hall–Kier alpha value is -1.54. The van der Waals surface area contributed by atoms with Crippen molar-refractivity contribution in [3.05, 3.63) is 53.6 Å². The summed E-state index contributed by atoms with van der Waals surface area (Å²) < 4.78 is 6.46. The second-order valence-corrected chi connectivity index (χ2v) is 12.4. The highest BCUT2D eigenvalue weighted by molar-refractivity contribution is 6.74. The van der Waals surface area contributed by atoms with Gasteiger partial charge >= 0.3 is 0 Å². The molecule has 0 fully saturated rings. The van der Waals surface area contributed by atoms with Crippen molar-refractivity contribution < 1.29 is 4.43 Å². The summed E-state index contributed by atoms with van der Waals surface area (Å²) in [6.07, 6.45) is 0. The fourth-order valence-electron chi connectivity index (χ4n) is 2.49. The van der Waals surface area contributed by atoms with Crippen molar-refractivity contribution in [2.24, 2.45) is 0 Å². The highest BCUT2D eigenvalue weighted by atomic mass is 28.4. The molecule has 0 bridgehead atoms. The number of aryl methyl sites for hydroxylation is 2. The molecule has 0 aliphatic heterocycles. The van der Waals surface area contributed by atoms with Crippen LogP contribution in [0.25, 0.3) is 11.1 Å². The second kappa shape index (κ2) is 5.92. The third-order valence-corrected chi connectivity index (χ3v) is 9.11. The lowest BCUT2D eigenvalue weighted by Gasteiger charge is -2.36. The molecule has 0 aromatic heterocycles. The van der Waals surface area contributed by atoms with Crippen LogP contribution in [-0.4, -0.2) is 8.32 Å². The number of benzene rings is 2. The van der Waals surface area contributed by atoms with Gasteiger partial charge in [0, 0.05) is 0 Å². The molecule has 0 spiro atoms. The molecule has 0 heterocycles. The predicted octanol–water partition coefficient (Wildman–Crippen LogP) is 6.35. The zero-order valence-corrected chi connectivity index (χ0v) is 15.9. The topological polar surface area (TPSA) is 9.23 Å². The molecule has 1 nitrogen and oxygen atoms in total. The smallest absolute Gasteiger partial charge is 0.250 e. The first kappa shape index (κ1) is 16.8. The van der Waals surface area contributed by atoms with Crippen molar-refractivity contribution in [2.75, 3.05) is 0 Å². The largest absolute Gasteiger partial charge is 0.543 e. The van der Waals surface area contributed by atoms with Crippen LogP contribution in [0.1, 0.15) is 31.9 Å². The van der Waals surface area contributed by atoms with Gasteiger partial charge in [-0.1, -0.05) is 51.1 Å². The summed E-state index contributed by atoms with van der Waals surface area (Å²) in [6.45, 7) is 15.8. The van der Waals surface area contributed by atoms with Crippen LogP contribution in [0.3, 0.4) is 0 Å². The van der Waals surface area contributed by atoms with E-state index in [1.165, 1.54) is 22.3 Å². The molecule has 2 heteroatoms. The molecule has 0 N–H and O–H groups in total. The third kappa shape index (κ3) is 3.44. The Morgan fingerprint density at radius 2 is 1.36 bits per heavy atom. The maximum Gasteiger partial charge on any atom is 0.250 e. The Kier molecular flexibility index (Phi) is 4.53. The summed E-state index contributed by atoms with van der Waals surface area (Å²) in [4.78, 5) is 0. The molecule has 0 saturated carbocycles. The summed E-state index contributed by atoms with van der Waals surface area (Å²) in [7, 11) is -1.79. The SMILES string of the molecule is Cc1cc(O[Si](C)(C)C(C)(C)C)cc(C)c1-c1ccccc1. The van der Waals surface area contributed by atoms with E-state index in [0.717, 1.165) is 5.75 Å². The lowest BCUT2D eigenvalue weighted by molar-refractivity contribution is 0.491. The fraction of sp³-hybridized carbons (Fsp3) is 0.400. The van der Waals surface area contributed by atoms with Crippen LogP contribution < -0.4 is 4.43 Å². The van der Waals surface area contributed by atoms with E-state index in [1.807, 2.05) is 0 Å². The van der Waals surface area contributed by atoms with Crippen molar-refractivity contribution in [3.63, 3.8) is 0 Å². The first-order valence-corrected chi connectivity index (χ1v) is 10.9. The van der Waals surface area contributed by atoms with Crippen molar-refractivity contribution >= 4 is 8.32 Å². The van der Waals surface area contributed by atoms with E-state index >= 15 is 0 Å². The van der Waals surface area contributed by atoms with E-state index in [-0.39, 0.29) is 5.04 Å². The molecule has 22 heavy (non-hydrogen) atoms. The molecule has 118 valence electrons. The molecule has 0 amide bonds. The molecule has 0 unspecified atom stereocenters. The Balaban J connectivity index is 2.40. The van der Waals surface area contributed by atoms with Crippen molar-refractivity contribution in [1.29, 1.82) is 0 Å². The van der Waals surface area contributed by atoms with Gasteiger partial charge < -0.3 is 4.43 Å². The standard InChI is InChI=1S/C20H28OSi/c1-15-13-18(21-22(6,7)20(3,4)5)14-16(2)19(15)17-11-9-8-10-12-17/h8-14H,1-7H3. The maximum atomic E-state index is 6.46. The van der Waals surface area contributed by atoms with E-state index in [4.69, 9.17) is 4.43 Å². The predicted molar refractivity (Wildman–Crippen MR) is 99.2 cm³/mol. The second-order valence-electron chi connectivity index (χ2n) is 7.66. The molecule has 0 atom stereocenters. The monoisotopic (exact) mass is 312 g/mol. The first-order valence-electron chi connectivity index (χ1n) is 7.97. The lowest BCUT2D eigenvalue weighted by atomic mass is 9.95. The zero-order valence-electron chi connectivity index (χ0n) is 14.9. The van der Waals surface area contributed by atoms with Gasteiger partial charge in [-0.15, -0.1) is 0 Å². The Bertz CT molecular complexity index is 628. The summed E-state index contributed by atoms with van der Waals surface area (Å²) >= 11 is 0. The zero-order chi connectivity index (χ0) is 16.5. The molecule has 2 rings (SSSR count). The van der Waals surface area contributed by atoms with Gasteiger partial charge in [0.25, 0.3) is 0 Å². The average molecular weight is 313 g/mol. The van der Waals surface area contributed by atoms with Crippen molar-refractivity contribution in [2.45, 2.75) is 52.8 Å². The van der Waals surface area contributed by atoms with Gasteiger partial charge in [0.1, 0.15) is 5.75 Å². The van der Waals surface area contributed by atoms with E-state index in [9.17, 15) is 0 Å². The molecular weight excluding hydrogens is 284 g/mol. The Labute approximate surface area is 136 Å². The summed E-state index contributed by atoms with van der Waals surface area (Å²) in [6, 6.07) is 15.0. The lowest BCUT2D eigenvalue weighted by Crippen LogP contribution is -2.43. The van der Waals surface area contributed by atoms with Crippen LogP contribution in [0.4, 0.5) is 0 Å². The summed E-state index contributed by atoms with van der Waals surface area (Å²) in [5.41, 5.74) is 5.15. The van der Waals surface area contributed by atoms with Crippen molar-refractivity contribution in [3.8, 4) is 16.9 Å². The van der Waals surface area contributed by atoms with Gasteiger partial charge in [-0.05, 0) is 66.4 Å². The van der Waals surface area contributed by atoms with Gasteiger partial charge in [-0.25, -0.2) is 0 Å².